The zero-order chi connectivity index (χ0) is 14.4. The Balaban J connectivity index is 2.42. The van der Waals surface area contributed by atoms with Gasteiger partial charge in [0.25, 0.3) is 0 Å². The standard InChI is InChI=1S/C14H9Br2FN2S/c1-7-3-2-4-11(13(7)16)19-12-6-9(17)8(15)5-10(12)18-14(19)20/h2-6H,1H3,(H,18,20). The zero-order valence-electron chi connectivity index (χ0n) is 10.4. The summed E-state index contributed by atoms with van der Waals surface area (Å²) in [7, 11) is 0. The first-order chi connectivity index (χ1) is 9.49. The van der Waals surface area contributed by atoms with Crippen molar-refractivity contribution >= 4 is 55.1 Å². The Morgan fingerprint density at radius 2 is 2.00 bits per heavy atom. The second kappa shape index (κ2) is 5.09. The van der Waals surface area contributed by atoms with Crippen LogP contribution in [0, 0.1) is 17.5 Å². The van der Waals surface area contributed by atoms with Gasteiger partial charge in [-0.15, -0.1) is 0 Å². The van der Waals surface area contributed by atoms with E-state index in [2.05, 4.69) is 36.8 Å². The molecule has 1 heterocycles. The van der Waals surface area contributed by atoms with Gasteiger partial charge in [-0.3, -0.25) is 4.57 Å². The van der Waals surface area contributed by atoms with E-state index in [0.29, 0.717) is 14.8 Å². The molecular formula is C14H9Br2FN2S. The van der Waals surface area contributed by atoms with Crippen molar-refractivity contribution in [3.63, 3.8) is 0 Å². The van der Waals surface area contributed by atoms with Gasteiger partial charge in [0.15, 0.2) is 4.77 Å². The van der Waals surface area contributed by atoms with E-state index in [1.807, 2.05) is 29.7 Å². The highest BCUT2D eigenvalue weighted by molar-refractivity contribution is 9.10. The van der Waals surface area contributed by atoms with Crippen molar-refractivity contribution in [2.75, 3.05) is 0 Å². The Labute approximate surface area is 136 Å². The molecule has 0 atom stereocenters. The maximum atomic E-state index is 13.8. The number of rotatable bonds is 1. The average molecular weight is 416 g/mol. The first-order valence-electron chi connectivity index (χ1n) is 5.84. The summed E-state index contributed by atoms with van der Waals surface area (Å²) >= 11 is 12.1. The van der Waals surface area contributed by atoms with Crippen molar-refractivity contribution in [1.82, 2.24) is 9.55 Å². The number of nitrogens with zero attached hydrogens (tertiary/aromatic N) is 1. The number of halogens is 3. The molecule has 1 N–H and O–H groups in total. The number of fused-ring (bicyclic) bond motifs is 1. The summed E-state index contributed by atoms with van der Waals surface area (Å²) in [6.45, 7) is 2.00. The Hall–Kier alpha value is -0.980. The second-order valence-corrected chi connectivity index (χ2v) is 6.49. The van der Waals surface area contributed by atoms with Crippen molar-refractivity contribution in [1.29, 1.82) is 0 Å². The molecule has 0 spiro atoms. The maximum Gasteiger partial charge on any atom is 0.182 e. The van der Waals surface area contributed by atoms with Crippen LogP contribution in [0.1, 0.15) is 5.56 Å². The molecule has 20 heavy (non-hydrogen) atoms. The maximum absolute atomic E-state index is 13.8. The van der Waals surface area contributed by atoms with Crippen molar-refractivity contribution in [2.45, 2.75) is 6.92 Å². The van der Waals surface area contributed by atoms with Crippen LogP contribution in [0.4, 0.5) is 4.39 Å². The van der Waals surface area contributed by atoms with Gasteiger partial charge in [-0.2, -0.15) is 0 Å². The predicted molar refractivity (Wildman–Crippen MR) is 88.6 cm³/mol. The van der Waals surface area contributed by atoms with E-state index in [-0.39, 0.29) is 5.82 Å². The molecule has 0 radical (unpaired) electrons. The molecule has 2 nitrogen and oxygen atoms in total. The fourth-order valence-electron chi connectivity index (χ4n) is 2.15. The molecule has 6 heteroatoms. The third-order valence-electron chi connectivity index (χ3n) is 3.14. The zero-order valence-corrected chi connectivity index (χ0v) is 14.4. The van der Waals surface area contributed by atoms with Crippen LogP contribution >= 0.6 is 44.1 Å². The molecule has 0 aliphatic heterocycles. The number of aromatic amines is 1. The van der Waals surface area contributed by atoms with Crippen molar-refractivity contribution < 1.29 is 4.39 Å². The summed E-state index contributed by atoms with van der Waals surface area (Å²) in [5.41, 5.74) is 3.48. The molecule has 0 fully saturated rings. The number of benzene rings is 2. The van der Waals surface area contributed by atoms with Crippen LogP contribution in [-0.4, -0.2) is 9.55 Å². The van der Waals surface area contributed by atoms with Crippen LogP contribution < -0.4 is 0 Å². The lowest BCUT2D eigenvalue weighted by molar-refractivity contribution is 0.622. The van der Waals surface area contributed by atoms with Gasteiger partial charge in [0.05, 0.1) is 21.2 Å². The van der Waals surface area contributed by atoms with Crippen LogP contribution in [0.15, 0.2) is 39.3 Å². The summed E-state index contributed by atoms with van der Waals surface area (Å²) in [4.78, 5) is 3.10. The van der Waals surface area contributed by atoms with Crippen LogP contribution in [0.25, 0.3) is 16.7 Å². The van der Waals surface area contributed by atoms with E-state index in [0.717, 1.165) is 21.2 Å². The lowest BCUT2D eigenvalue weighted by Crippen LogP contribution is -1.97. The Bertz CT molecular complexity index is 883. The molecule has 1 aromatic heterocycles. The molecular weight excluding hydrogens is 407 g/mol. The highest BCUT2D eigenvalue weighted by Crippen LogP contribution is 2.30. The third kappa shape index (κ3) is 2.16. The fourth-order valence-corrected chi connectivity index (χ4v) is 3.24. The van der Waals surface area contributed by atoms with Gasteiger partial charge in [-0.1, -0.05) is 12.1 Å². The average Bonchev–Trinajstić information content (AvgIpc) is 2.69. The summed E-state index contributed by atoms with van der Waals surface area (Å²) in [5.74, 6) is -0.316. The number of aryl methyl sites for hydroxylation is 1. The van der Waals surface area contributed by atoms with Crippen molar-refractivity contribution in [2.24, 2.45) is 0 Å². The number of aromatic nitrogens is 2. The lowest BCUT2D eigenvalue weighted by Gasteiger charge is -2.09. The topological polar surface area (TPSA) is 20.7 Å². The third-order valence-corrected chi connectivity index (χ3v) is 5.06. The van der Waals surface area contributed by atoms with E-state index in [1.165, 1.54) is 6.07 Å². The van der Waals surface area contributed by atoms with Gasteiger partial charge >= 0.3 is 0 Å². The molecule has 0 saturated heterocycles. The number of H-pyrrole nitrogens is 1. The van der Waals surface area contributed by atoms with Crippen LogP contribution in [-0.2, 0) is 0 Å². The van der Waals surface area contributed by atoms with Gasteiger partial charge in [0, 0.05) is 10.5 Å². The van der Waals surface area contributed by atoms with Crippen molar-refractivity contribution in [3.8, 4) is 5.69 Å². The molecule has 3 aromatic rings. The first kappa shape index (κ1) is 14.0. The number of nitrogens with one attached hydrogen (secondary N) is 1. The smallest absolute Gasteiger partial charge is 0.182 e. The van der Waals surface area contributed by atoms with Crippen LogP contribution in [0.2, 0.25) is 0 Å². The Morgan fingerprint density at radius 3 is 2.75 bits per heavy atom. The highest BCUT2D eigenvalue weighted by Gasteiger charge is 2.13. The minimum absolute atomic E-state index is 0.316. The largest absolute Gasteiger partial charge is 0.330 e. The molecule has 0 aliphatic carbocycles. The molecule has 0 bridgehead atoms. The summed E-state index contributed by atoms with van der Waals surface area (Å²) in [5, 5.41) is 0. The molecule has 3 rings (SSSR count). The van der Waals surface area contributed by atoms with Crippen LogP contribution in [0.5, 0.6) is 0 Å². The van der Waals surface area contributed by atoms with Crippen molar-refractivity contribution in [3.05, 3.63) is 55.4 Å². The first-order valence-corrected chi connectivity index (χ1v) is 7.83. The molecule has 102 valence electrons. The molecule has 0 unspecified atom stereocenters. The van der Waals surface area contributed by atoms with Gasteiger partial charge in [0.2, 0.25) is 0 Å². The van der Waals surface area contributed by atoms with Gasteiger partial charge in [-0.25, -0.2) is 4.39 Å². The summed E-state index contributed by atoms with van der Waals surface area (Å²) in [6.07, 6.45) is 0. The quantitative estimate of drug-likeness (QED) is 0.508. The van der Waals surface area contributed by atoms with E-state index < -0.39 is 0 Å². The minimum atomic E-state index is -0.316. The second-order valence-electron chi connectivity index (χ2n) is 4.46. The molecule has 0 aliphatic rings. The van der Waals surface area contributed by atoms with E-state index in [1.54, 1.807) is 6.07 Å². The monoisotopic (exact) mass is 414 g/mol. The summed E-state index contributed by atoms with van der Waals surface area (Å²) < 4.78 is 17.5. The number of hydrogen-bond donors (Lipinski definition) is 1. The molecule has 2 aromatic carbocycles. The Kier molecular flexibility index (Phi) is 3.56. The van der Waals surface area contributed by atoms with Crippen LogP contribution in [0.3, 0.4) is 0 Å². The van der Waals surface area contributed by atoms with E-state index in [4.69, 9.17) is 12.2 Å². The van der Waals surface area contributed by atoms with Gasteiger partial charge in [-0.05, 0) is 68.7 Å². The molecule has 0 amide bonds. The van der Waals surface area contributed by atoms with Gasteiger partial charge in [0.1, 0.15) is 5.82 Å². The highest BCUT2D eigenvalue weighted by atomic mass is 79.9. The van der Waals surface area contributed by atoms with E-state index in [9.17, 15) is 4.39 Å². The summed E-state index contributed by atoms with van der Waals surface area (Å²) in [6, 6.07) is 9.07. The SMILES string of the molecule is Cc1cccc(-n2c(=S)[nH]c3cc(Br)c(F)cc32)c1Br. The number of imidazole rings is 1. The Morgan fingerprint density at radius 1 is 1.25 bits per heavy atom. The number of hydrogen-bond acceptors (Lipinski definition) is 1. The minimum Gasteiger partial charge on any atom is -0.330 e. The van der Waals surface area contributed by atoms with Gasteiger partial charge < -0.3 is 4.98 Å². The lowest BCUT2D eigenvalue weighted by atomic mass is 10.2. The normalized spacial score (nSPS) is 11.2. The predicted octanol–water partition coefficient (Wildman–Crippen LogP) is 5.66. The molecule has 0 saturated carbocycles. The van der Waals surface area contributed by atoms with E-state index >= 15 is 0 Å². The fraction of sp³-hybridized carbons (Fsp3) is 0.0714.